The first-order valence-corrected chi connectivity index (χ1v) is 6.57. The Bertz CT molecular complexity index is 168. The average molecular weight is 229 g/mol. The highest BCUT2D eigenvalue weighted by atomic mass is 16.2. The van der Waals surface area contributed by atoms with Crippen LogP contribution in [0.15, 0.2) is 0 Å². The van der Waals surface area contributed by atoms with Gasteiger partial charge < -0.3 is 15.5 Å². The van der Waals surface area contributed by atoms with Gasteiger partial charge in [-0.1, -0.05) is 13.8 Å². The summed E-state index contributed by atoms with van der Waals surface area (Å²) in [6.07, 6.45) is 3.73. The van der Waals surface area contributed by atoms with Gasteiger partial charge in [0.15, 0.2) is 0 Å². The van der Waals surface area contributed by atoms with Crippen LogP contribution in [0.3, 0.4) is 0 Å². The van der Waals surface area contributed by atoms with Crippen molar-refractivity contribution >= 4 is 6.03 Å². The van der Waals surface area contributed by atoms with Gasteiger partial charge in [-0.05, 0) is 45.8 Å². The molecule has 96 valence electrons. The third-order valence-electron chi connectivity index (χ3n) is 2.47. The van der Waals surface area contributed by atoms with Crippen LogP contribution in [-0.2, 0) is 0 Å². The molecular formula is C12H27N3O. The van der Waals surface area contributed by atoms with E-state index in [1.54, 1.807) is 0 Å². The molecule has 1 aliphatic rings. The fourth-order valence-electron chi connectivity index (χ4n) is 1.73. The van der Waals surface area contributed by atoms with Crippen molar-refractivity contribution in [1.29, 1.82) is 0 Å². The Hall–Kier alpha value is -0.770. The highest BCUT2D eigenvalue weighted by molar-refractivity contribution is 5.73. The van der Waals surface area contributed by atoms with Crippen molar-refractivity contribution in [2.75, 3.05) is 32.7 Å². The van der Waals surface area contributed by atoms with Crippen molar-refractivity contribution in [3.63, 3.8) is 0 Å². The van der Waals surface area contributed by atoms with Crippen LogP contribution in [0.2, 0.25) is 0 Å². The van der Waals surface area contributed by atoms with Crippen LogP contribution in [0.25, 0.3) is 0 Å². The molecule has 1 aliphatic heterocycles. The number of hydrogen-bond acceptors (Lipinski definition) is 2. The van der Waals surface area contributed by atoms with E-state index in [4.69, 9.17) is 0 Å². The summed E-state index contributed by atoms with van der Waals surface area (Å²) in [4.78, 5) is 13.5. The molecule has 0 radical (unpaired) electrons. The second kappa shape index (κ2) is 10.7. The standard InChI is InChI=1S/C10H21N3O.C2H6/c1-2-11-10(14)12-6-5-9-13-7-3-4-8-13;1-2/h2-9H2,1H3,(H2,11,12,14);1-2H3. The van der Waals surface area contributed by atoms with E-state index in [9.17, 15) is 4.79 Å². The molecule has 0 aromatic heterocycles. The molecule has 4 nitrogen and oxygen atoms in total. The molecule has 0 saturated carbocycles. The molecular weight excluding hydrogens is 202 g/mol. The van der Waals surface area contributed by atoms with Crippen molar-refractivity contribution in [1.82, 2.24) is 15.5 Å². The number of hydrogen-bond donors (Lipinski definition) is 2. The first-order chi connectivity index (χ1) is 7.83. The molecule has 16 heavy (non-hydrogen) atoms. The van der Waals surface area contributed by atoms with Crippen molar-refractivity contribution in [2.45, 2.75) is 40.0 Å². The van der Waals surface area contributed by atoms with Gasteiger partial charge in [-0.15, -0.1) is 0 Å². The topological polar surface area (TPSA) is 44.4 Å². The van der Waals surface area contributed by atoms with E-state index < -0.39 is 0 Å². The first kappa shape index (κ1) is 15.2. The van der Waals surface area contributed by atoms with E-state index >= 15 is 0 Å². The predicted molar refractivity (Wildman–Crippen MR) is 68.7 cm³/mol. The predicted octanol–water partition coefficient (Wildman–Crippen LogP) is 1.82. The molecule has 0 atom stereocenters. The Morgan fingerprint density at radius 1 is 1.19 bits per heavy atom. The molecule has 4 heteroatoms. The molecule has 0 aliphatic carbocycles. The van der Waals surface area contributed by atoms with E-state index in [1.165, 1.54) is 25.9 Å². The Morgan fingerprint density at radius 3 is 2.38 bits per heavy atom. The smallest absolute Gasteiger partial charge is 0.314 e. The average Bonchev–Trinajstić information content (AvgIpc) is 2.81. The van der Waals surface area contributed by atoms with Crippen LogP contribution in [0, 0.1) is 0 Å². The van der Waals surface area contributed by atoms with Gasteiger partial charge in [0, 0.05) is 13.1 Å². The summed E-state index contributed by atoms with van der Waals surface area (Å²) in [7, 11) is 0. The molecule has 0 aromatic rings. The summed E-state index contributed by atoms with van der Waals surface area (Å²) in [6.45, 7) is 11.0. The number of nitrogens with one attached hydrogen (secondary N) is 2. The summed E-state index contributed by atoms with van der Waals surface area (Å²) in [6, 6.07) is -0.0473. The summed E-state index contributed by atoms with van der Waals surface area (Å²) >= 11 is 0. The molecule has 2 N–H and O–H groups in total. The number of likely N-dealkylation sites (tertiary alicyclic amines) is 1. The SMILES string of the molecule is CC.CCNC(=O)NCCCN1CCCC1. The minimum absolute atomic E-state index is 0.0473. The third-order valence-corrected chi connectivity index (χ3v) is 2.47. The van der Waals surface area contributed by atoms with Gasteiger partial charge in [0.2, 0.25) is 0 Å². The van der Waals surface area contributed by atoms with Gasteiger partial charge in [-0.2, -0.15) is 0 Å². The number of rotatable bonds is 5. The lowest BCUT2D eigenvalue weighted by Crippen LogP contribution is -2.36. The van der Waals surface area contributed by atoms with Crippen LogP contribution < -0.4 is 10.6 Å². The molecule has 1 rings (SSSR count). The molecule has 0 aromatic carbocycles. The summed E-state index contributed by atoms with van der Waals surface area (Å²) in [5.41, 5.74) is 0. The summed E-state index contributed by atoms with van der Waals surface area (Å²) in [5.74, 6) is 0. The number of carbonyl (C=O) groups excluding carboxylic acids is 1. The normalized spacial score (nSPS) is 15.2. The number of amides is 2. The van der Waals surface area contributed by atoms with Crippen molar-refractivity contribution in [3.05, 3.63) is 0 Å². The third kappa shape index (κ3) is 7.51. The largest absolute Gasteiger partial charge is 0.338 e. The zero-order valence-corrected chi connectivity index (χ0v) is 11.0. The van der Waals surface area contributed by atoms with E-state index in [2.05, 4.69) is 15.5 Å². The van der Waals surface area contributed by atoms with Crippen LogP contribution in [0.1, 0.15) is 40.0 Å². The molecule has 0 unspecified atom stereocenters. The monoisotopic (exact) mass is 229 g/mol. The number of nitrogens with zero attached hydrogens (tertiary/aromatic N) is 1. The van der Waals surface area contributed by atoms with Crippen LogP contribution in [-0.4, -0.2) is 43.7 Å². The van der Waals surface area contributed by atoms with Crippen molar-refractivity contribution < 1.29 is 4.79 Å². The Kier molecular flexibility index (Phi) is 10.2. The number of carbonyl (C=O) groups is 1. The Balaban J connectivity index is 0.00000106. The van der Waals surface area contributed by atoms with E-state index in [0.29, 0.717) is 6.54 Å². The van der Waals surface area contributed by atoms with Crippen molar-refractivity contribution in [3.8, 4) is 0 Å². The van der Waals surface area contributed by atoms with Gasteiger partial charge in [0.1, 0.15) is 0 Å². The van der Waals surface area contributed by atoms with Gasteiger partial charge in [-0.25, -0.2) is 4.79 Å². The zero-order chi connectivity index (χ0) is 12.2. The molecule has 2 amide bonds. The maximum atomic E-state index is 11.0. The minimum Gasteiger partial charge on any atom is -0.338 e. The molecule has 1 heterocycles. The lowest BCUT2D eigenvalue weighted by molar-refractivity contribution is 0.240. The number of urea groups is 1. The summed E-state index contributed by atoms with van der Waals surface area (Å²) in [5, 5.41) is 5.54. The molecule has 1 saturated heterocycles. The van der Waals surface area contributed by atoms with E-state index in [-0.39, 0.29) is 6.03 Å². The maximum absolute atomic E-state index is 11.0. The van der Waals surface area contributed by atoms with Gasteiger partial charge in [0.05, 0.1) is 0 Å². The van der Waals surface area contributed by atoms with E-state index in [1.807, 2.05) is 20.8 Å². The van der Waals surface area contributed by atoms with Crippen LogP contribution >= 0.6 is 0 Å². The van der Waals surface area contributed by atoms with Crippen LogP contribution in [0.4, 0.5) is 4.79 Å². The van der Waals surface area contributed by atoms with Gasteiger partial charge >= 0.3 is 6.03 Å². The van der Waals surface area contributed by atoms with Crippen LogP contribution in [0.5, 0.6) is 0 Å². The van der Waals surface area contributed by atoms with Gasteiger partial charge in [-0.3, -0.25) is 0 Å². The molecule has 0 spiro atoms. The molecule has 1 fully saturated rings. The minimum atomic E-state index is -0.0473. The second-order valence-corrected chi connectivity index (χ2v) is 3.69. The maximum Gasteiger partial charge on any atom is 0.314 e. The summed E-state index contributed by atoms with van der Waals surface area (Å²) < 4.78 is 0. The fraction of sp³-hybridized carbons (Fsp3) is 0.917. The highest BCUT2D eigenvalue weighted by Crippen LogP contribution is 2.06. The zero-order valence-electron chi connectivity index (χ0n) is 11.0. The fourth-order valence-corrected chi connectivity index (χ4v) is 1.73. The first-order valence-electron chi connectivity index (χ1n) is 6.57. The lowest BCUT2D eigenvalue weighted by atomic mass is 10.4. The quantitative estimate of drug-likeness (QED) is 0.706. The lowest BCUT2D eigenvalue weighted by Gasteiger charge is -2.14. The molecule has 0 bridgehead atoms. The van der Waals surface area contributed by atoms with E-state index in [0.717, 1.165) is 19.5 Å². The highest BCUT2D eigenvalue weighted by Gasteiger charge is 2.10. The second-order valence-electron chi connectivity index (χ2n) is 3.69. The van der Waals surface area contributed by atoms with Gasteiger partial charge in [0.25, 0.3) is 0 Å². The van der Waals surface area contributed by atoms with Crippen molar-refractivity contribution in [2.24, 2.45) is 0 Å². The Morgan fingerprint density at radius 2 is 1.81 bits per heavy atom. The Labute approximate surface area is 99.8 Å².